The van der Waals surface area contributed by atoms with E-state index in [-0.39, 0.29) is 0 Å². The molecule has 0 fully saturated rings. The van der Waals surface area contributed by atoms with Crippen LogP contribution >= 0.6 is 34.7 Å². The highest BCUT2D eigenvalue weighted by Gasteiger charge is 2.10. The van der Waals surface area contributed by atoms with Crippen LogP contribution in [0.25, 0.3) is 0 Å². The average molecular weight is 284 g/mol. The van der Waals surface area contributed by atoms with Crippen molar-refractivity contribution in [3.63, 3.8) is 0 Å². The third-order valence-corrected chi connectivity index (χ3v) is 4.76. The summed E-state index contributed by atoms with van der Waals surface area (Å²) in [7, 11) is 2.00. The molecule has 0 aliphatic heterocycles. The SMILES string of the molecule is CNC(CSc1cccc(Cl)c1)c1cccs1. The van der Waals surface area contributed by atoms with Gasteiger partial charge in [-0.25, -0.2) is 0 Å². The zero-order chi connectivity index (χ0) is 12.1. The van der Waals surface area contributed by atoms with E-state index in [4.69, 9.17) is 11.6 Å². The third kappa shape index (κ3) is 3.75. The van der Waals surface area contributed by atoms with Crippen LogP contribution in [-0.2, 0) is 0 Å². The van der Waals surface area contributed by atoms with E-state index in [1.165, 1.54) is 9.77 Å². The van der Waals surface area contributed by atoms with Crippen LogP contribution < -0.4 is 5.32 Å². The first-order valence-corrected chi connectivity index (χ1v) is 7.63. The first-order chi connectivity index (χ1) is 8.29. The Morgan fingerprint density at radius 2 is 2.24 bits per heavy atom. The van der Waals surface area contributed by atoms with Crippen LogP contribution in [0.3, 0.4) is 0 Å². The van der Waals surface area contributed by atoms with Gasteiger partial charge in [-0.1, -0.05) is 23.7 Å². The van der Waals surface area contributed by atoms with E-state index in [1.807, 2.05) is 37.0 Å². The van der Waals surface area contributed by atoms with Gasteiger partial charge < -0.3 is 5.32 Å². The van der Waals surface area contributed by atoms with Crippen LogP contribution in [-0.4, -0.2) is 12.8 Å². The van der Waals surface area contributed by atoms with E-state index < -0.39 is 0 Å². The number of benzene rings is 1. The topological polar surface area (TPSA) is 12.0 Å². The highest BCUT2D eigenvalue weighted by molar-refractivity contribution is 7.99. The van der Waals surface area contributed by atoms with Crippen molar-refractivity contribution in [1.29, 1.82) is 0 Å². The third-order valence-electron chi connectivity index (χ3n) is 2.45. The molecule has 0 spiro atoms. The molecule has 1 aromatic carbocycles. The molecule has 4 heteroatoms. The molecule has 1 heterocycles. The quantitative estimate of drug-likeness (QED) is 0.814. The maximum absolute atomic E-state index is 5.97. The van der Waals surface area contributed by atoms with Crippen molar-refractivity contribution in [3.05, 3.63) is 51.7 Å². The molecule has 90 valence electrons. The van der Waals surface area contributed by atoms with Gasteiger partial charge in [-0.2, -0.15) is 0 Å². The predicted octanol–water partition coefficient (Wildman–Crippen LogP) is 4.45. The van der Waals surface area contributed by atoms with Gasteiger partial charge in [0.1, 0.15) is 0 Å². The summed E-state index contributed by atoms with van der Waals surface area (Å²) < 4.78 is 0. The standard InChI is InChI=1S/C13H14ClNS2/c1-15-12(13-6-3-7-16-13)9-17-11-5-2-4-10(14)8-11/h2-8,12,15H,9H2,1H3. The largest absolute Gasteiger partial charge is 0.312 e. The molecule has 0 bridgehead atoms. The lowest BCUT2D eigenvalue weighted by atomic mass is 10.3. The van der Waals surface area contributed by atoms with E-state index in [0.29, 0.717) is 6.04 Å². The predicted molar refractivity (Wildman–Crippen MR) is 78.3 cm³/mol. The summed E-state index contributed by atoms with van der Waals surface area (Å²) in [5, 5.41) is 6.26. The van der Waals surface area contributed by atoms with Crippen LogP contribution in [0, 0.1) is 0 Å². The molecule has 2 aromatic rings. The zero-order valence-corrected chi connectivity index (χ0v) is 11.9. The second-order valence-electron chi connectivity index (χ2n) is 3.63. The Bertz CT molecular complexity index is 456. The first kappa shape index (κ1) is 13.0. The van der Waals surface area contributed by atoms with Crippen molar-refractivity contribution >= 4 is 34.7 Å². The fourth-order valence-electron chi connectivity index (χ4n) is 1.53. The molecule has 17 heavy (non-hydrogen) atoms. The van der Waals surface area contributed by atoms with Crippen LogP contribution in [0.5, 0.6) is 0 Å². The van der Waals surface area contributed by atoms with E-state index >= 15 is 0 Å². The Kier molecular flexibility index (Phi) is 4.92. The minimum Gasteiger partial charge on any atom is -0.312 e. The molecule has 1 nitrogen and oxygen atoms in total. The Hall–Kier alpha value is -0.480. The van der Waals surface area contributed by atoms with Crippen molar-refractivity contribution in [1.82, 2.24) is 5.32 Å². The van der Waals surface area contributed by atoms with Crippen molar-refractivity contribution in [2.45, 2.75) is 10.9 Å². The van der Waals surface area contributed by atoms with Crippen molar-refractivity contribution < 1.29 is 0 Å². The summed E-state index contributed by atoms with van der Waals surface area (Å²) >= 11 is 9.58. The highest BCUT2D eigenvalue weighted by atomic mass is 35.5. The summed E-state index contributed by atoms with van der Waals surface area (Å²) in [5.41, 5.74) is 0. The Morgan fingerprint density at radius 1 is 1.35 bits per heavy atom. The molecule has 0 aliphatic rings. The lowest BCUT2D eigenvalue weighted by molar-refractivity contribution is 0.673. The van der Waals surface area contributed by atoms with Gasteiger partial charge >= 0.3 is 0 Å². The molecule has 0 aliphatic carbocycles. The number of halogens is 1. The smallest absolute Gasteiger partial charge is 0.0507 e. The lowest BCUT2D eigenvalue weighted by Crippen LogP contribution is -2.17. The zero-order valence-electron chi connectivity index (χ0n) is 9.52. The number of hydrogen-bond acceptors (Lipinski definition) is 3. The van der Waals surface area contributed by atoms with Crippen LogP contribution in [0.2, 0.25) is 5.02 Å². The fraction of sp³-hybridized carbons (Fsp3) is 0.231. The van der Waals surface area contributed by atoms with E-state index in [9.17, 15) is 0 Å². The summed E-state index contributed by atoms with van der Waals surface area (Å²) in [5.74, 6) is 1.01. The molecular weight excluding hydrogens is 270 g/mol. The van der Waals surface area contributed by atoms with E-state index in [2.05, 4.69) is 28.9 Å². The van der Waals surface area contributed by atoms with Crippen LogP contribution in [0.4, 0.5) is 0 Å². The summed E-state index contributed by atoms with van der Waals surface area (Å²) in [6, 6.07) is 12.7. The van der Waals surface area contributed by atoms with Crippen molar-refractivity contribution in [3.8, 4) is 0 Å². The number of rotatable bonds is 5. The van der Waals surface area contributed by atoms with Crippen molar-refractivity contribution in [2.24, 2.45) is 0 Å². The molecule has 0 saturated heterocycles. The first-order valence-electron chi connectivity index (χ1n) is 5.38. The van der Waals surface area contributed by atoms with Crippen LogP contribution in [0.15, 0.2) is 46.7 Å². The molecule has 0 amide bonds. The number of thiophene rings is 1. The number of hydrogen-bond donors (Lipinski definition) is 1. The molecule has 1 N–H and O–H groups in total. The molecular formula is C13H14ClNS2. The van der Waals surface area contributed by atoms with Gasteiger partial charge in [0.15, 0.2) is 0 Å². The molecule has 0 saturated carbocycles. The van der Waals surface area contributed by atoms with Gasteiger partial charge in [0.2, 0.25) is 0 Å². The number of thioether (sulfide) groups is 1. The summed E-state index contributed by atoms with van der Waals surface area (Å²) in [4.78, 5) is 2.59. The second-order valence-corrected chi connectivity index (χ2v) is 6.13. The Morgan fingerprint density at radius 3 is 2.88 bits per heavy atom. The maximum atomic E-state index is 5.97. The van der Waals surface area contributed by atoms with E-state index in [1.54, 1.807) is 11.3 Å². The van der Waals surface area contributed by atoms with Gasteiger partial charge in [0.25, 0.3) is 0 Å². The minimum absolute atomic E-state index is 0.402. The molecule has 2 rings (SSSR count). The normalized spacial score (nSPS) is 12.6. The Labute approximate surface area is 115 Å². The molecule has 1 atom stereocenters. The average Bonchev–Trinajstić information content (AvgIpc) is 2.84. The van der Waals surface area contributed by atoms with Gasteiger partial charge in [-0.15, -0.1) is 23.1 Å². The van der Waals surface area contributed by atoms with Gasteiger partial charge in [0.05, 0.1) is 6.04 Å². The molecule has 1 aromatic heterocycles. The summed E-state index contributed by atoms with van der Waals surface area (Å²) in [6.07, 6.45) is 0. The monoisotopic (exact) mass is 283 g/mol. The van der Waals surface area contributed by atoms with Gasteiger partial charge in [0, 0.05) is 20.5 Å². The van der Waals surface area contributed by atoms with Crippen LogP contribution in [0.1, 0.15) is 10.9 Å². The van der Waals surface area contributed by atoms with Crippen molar-refractivity contribution in [2.75, 3.05) is 12.8 Å². The maximum Gasteiger partial charge on any atom is 0.0507 e. The second kappa shape index (κ2) is 6.45. The molecule has 1 unspecified atom stereocenters. The summed E-state index contributed by atoms with van der Waals surface area (Å²) in [6.45, 7) is 0. The van der Waals surface area contributed by atoms with E-state index in [0.717, 1.165) is 10.8 Å². The van der Waals surface area contributed by atoms with Gasteiger partial charge in [-0.3, -0.25) is 0 Å². The van der Waals surface area contributed by atoms with Gasteiger partial charge in [-0.05, 0) is 36.7 Å². The Balaban J connectivity index is 1.97. The lowest BCUT2D eigenvalue weighted by Gasteiger charge is -2.13. The fourth-order valence-corrected chi connectivity index (χ4v) is 3.82. The minimum atomic E-state index is 0.402. The number of nitrogens with one attached hydrogen (secondary N) is 1. The molecule has 0 radical (unpaired) electrons. The highest BCUT2D eigenvalue weighted by Crippen LogP contribution is 2.28.